The van der Waals surface area contributed by atoms with Crippen LogP contribution in [0.15, 0.2) is 30.3 Å². The van der Waals surface area contributed by atoms with Crippen LogP contribution in [0.4, 0.5) is 8.78 Å². The zero-order valence-corrected chi connectivity index (χ0v) is 12.9. The summed E-state index contributed by atoms with van der Waals surface area (Å²) in [6.07, 6.45) is 0. The summed E-state index contributed by atoms with van der Waals surface area (Å²) in [6.45, 7) is 0.0420. The summed E-state index contributed by atoms with van der Waals surface area (Å²) in [5.41, 5.74) is 0.512. The lowest BCUT2D eigenvalue weighted by atomic mass is 10.1. The van der Waals surface area contributed by atoms with Crippen molar-refractivity contribution < 1.29 is 23.0 Å². The van der Waals surface area contributed by atoms with Gasteiger partial charge in [-0.15, -0.1) is 0 Å². The van der Waals surface area contributed by atoms with Gasteiger partial charge in [-0.05, 0) is 18.2 Å². The van der Waals surface area contributed by atoms with E-state index in [-0.39, 0.29) is 29.8 Å². The van der Waals surface area contributed by atoms with Crippen molar-refractivity contribution in [2.75, 3.05) is 13.8 Å². The molecular formula is C16H12ClF2NO3. The molecule has 0 unspecified atom stereocenters. The molecule has 2 aromatic carbocycles. The molecule has 1 amide bonds. The zero-order valence-electron chi connectivity index (χ0n) is 12.1. The van der Waals surface area contributed by atoms with Crippen molar-refractivity contribution in [3.8, 4) is 11.5 Å². The Kier molecular flexibility index (Phi) is 4.09. The number of rotatable bonds is 3. The van der Waals surface area contributed by atoms with Gasteiger partial charge in [-0.1, -0.05) is 17.7 Å². The molecule has 120 valence electrons. The lowest BCUT2D eigenvalue weighted by molar-refractivity contribution is 0.0783. The lowest BCUT2D eigenvalue weighted by Crippen LogP contribution is -2.26. The standard InChI is InChI=1S/C16H12ClF2NO3/c1-20(7-9-2-3-11(18)6-13(9)19)16(21)10-4-12(17)15-14(5-10)22-8-23-15/h2-6H,7-8H2,1H3. The van der Waals surface area contributed by atoms with Crippen molar-refractivity contribution in [2.45, 2.75) is 6.54 Å². The number of benzene rings is 2. The van der Waals surface area contributed by atoms with E-state index in [2.05, 4.69) is 0 Å². The molecule has 1 aliphatic rings. The summed E-state index contributed by atoms with van der Waals surface area (Å²) in [4.78, 5) is 13.8. The van der Waals surface area contributed by atoms with Crippen LogP contribution >= 0.6 is 11.6 Å². The first kappa shape index (κ1) is 15.6. The molecule has 0 aromatic heterocycles. The van der Waals surface area contributed by atoms with Gasteiger partial charge in [0.2, 0.25) is 6.79 Å². The van der Waals surface area contributed by atoms with Crippen LogP contribution in [-0.4, -0.2) is 24.6 Å². The SMILES string of the molecule is CN(Cc1ccc(F)cc1F)C(=O)c1cc(Cl)c2c(c1)OCO2. The number of carbonyl (C=O) groups excluding carboxylic acids is 1. The van der Waals surface area contributed by atoms with E-state index in [1.807, 2.05) is 0 Å². The maximum atomic E-state index is 13.7. The van der Waals surface area contributed by atoms with Gasteiger partial charge in [0, 0.05) is 30.8 Å². The highest BCUT2D eigenvalue weighted by molar-refractivity contribution is 6.32. The van der Waals surface area contributed by atoms with E-state index in [1.165, 1.54) is 30.1 Å². The topological polar surface area (TPSA) is 38.8 Å². The molecule has 0 N–H and O–H groups in total. The Morgan fingerprint density at radius 1 is 1.26 bits per heavy atom. The predicted molar refractivity (Wildman–Crippen MR) is 79.7 cm³/mol. The van der Waals surface area contributed by atoms with Crippen LogP contribution < -0.4 is 9.47 Å². The van der Waals surface area contributed by atoms with E-state index in [0.29, 0.717) is 17.1 Å². The molecule has 2 aromatic rings. The third kappa shape index (κ3) is 3.07. The highest BCUT2D eigenvalue weighted by atomic mass is 35.5. The summed E-state index contributed by atoms with van der Waals surface area (Å²) in [5, 5.41) is 0.268. The van der Waals surface area contributed by atoms with Crippen molar-refractivity contribution in [1.82, 2.24) is 4.90 Å². The number of ether oxygens (including phenoxy) is 2. The molecule has 4 nitrogen and oxygen atoms in total. The number of halogens is 3. The summed E-state index contributed by atoms with van der Waals surface area (Å²) in [6, 6.07) is 6.23. The van der Waals surface area contributed by atoms with Crippen LogP contribution in [0.25, 0.3) is 0 Å². The van der Waals surface area contributed by atoms with E-state index in [1.54, 1.807) is 0 Å². The van der Waals surface area contributed by atoms with Crippen LogP contribution in [0.2, 0.25) is 5.02 Å². The molecule has 1 heterocycles. The van der Waals surface area contributed by atoms with Gasteiger partial charge in [0.25, 0.3) is 5.91 Å². The third-order valence-electron chi connectivity index (χ3n) is 3.44. The summed E-state index contributed by atoms with van der Waals surface area (Å²) < 4.78 is 37.0. The van der Waals surface area contributed by atoms with Gasteiger partial charge < -0.3 is 14.4 Å². The van der Waals surface area contributed by atoms with Gasteiger partial charge in [0.05, 0.1) is 5.02 Å². The fraction of sp³-hybridized carbons (Fsp3) is 0.188. The van der Waals surface area contributed by atoms with E-state index in [0.717, 1.165) is 12.1 Å². The van der Waals surface area contributed by atoms with Crippen LogP contribution in [-0.2, 0) is 6.54 Å². The molecule has 0 fully saturated rings. The molecule has 1 aliphatic heterocycles. The maximum Gasteiger partial charge on any atom is 0.254 e. The average Bonchev–Trinajstić information content (AvgIpc) is 2.98. The smallest absolute Gasteiger partial charge is 0.254 e. The van der Waals surface area contributed by atoms with E-state index < -0.39 is 11.6 Å². The van der Waals surface area contributed by atoms with Crippen molar-refractivity contribution >= 4 is 17.5 Å². The number of fused-ring (bicyclic) bond motifs is 1. The minimum Gasteiger partial charge on any atom is -0.454 e. The molecule has 0 radical (unpaired) electrons. The predicted octanol–water partition coefficient (Wildman–Crippen LogP) is 3.62. The Morgan fingerprint density at radius 3 is 2.78 bits per heavy atom. The molecular weight excluding hydrogens is 328 g/mol. The number of hydrogen-bond donors (Lipinski definition) is 0. The normalized spacial score (nSPS) is 12.3. The summed E-state index contributed by atoms with van der Waals surface area (Å²) in [7, 11) is 1.52. The van der Waals surface area contributed by atoms with Gasteiger partial charge in [-0.3, -0.25) is 4.79 Å². The molecule has 23 heavy (non-hydrogen) atoms. The van der Waals surface area contributed by atoms with Crippen molar-refractivity contribution in [3.05, 3.63) is 58.1 Å². The Morgan fingerprint density at radius 2 is 2.04 bits per heavy atom. The van der Waals surface area contributed by atoms with Crippen LogP contribution in [0.3, 0.4) is 0 Å². The van der Waals surface area contributed by atoms with Gasteiger partial charge in [-0.25, -0.2) is 8.78 Å². The van der Waals surface area contributed by atoms with E-state index in [4.69, 9.17) is 21.1 Å². The van der Waals surface area contributed by atoms with Gasteiger partial charge in [-0.2, -0.15) is 0 Å². The molecule has 0 aliphatic carbocycles. The second kappa shape index (κ2) is 6.04. The highest BCUT2D eigenvalue weighted by Gasteiger charge is 2.22. The molecule has 3 rings (SSSR count). The molecule has 0 bridgehead atoms. The Labute approximate surface area is 136 Å². The van der Waals surface area contributed by atoms with Crippen molar-refractivity contribution in [1.29, 1.82) is 0 Å². The number of hydrogen-bond acceptors (Lipinski definition) is 3. The minimum atomic E-state index is -0.701. The summed E-state index contributed by atoms with van der Waals surface area (Å²) in [5.74, 6) is -0.942. The molecule has 0 saturated carbocycles. The Hall–Kier alpha value is -2.34. The lowest BCUT2D eigenvalue weighted by Gasteiger charge is -2.18. The maximum absolute atomic E-state index is 13.7. The molecule has 0 atom stereocenters. The van der Waals surface area contributed by atoms with Crippen molar-refractivity contribution in [3.63, 3.8) is 0 Å². The molecule has 0 saturated heterocycles. The Bertz CT molecular complexity index is 782. The molecule has 0 spiro atoms. The first-order valence-corrected chi connectivity index (χ1v) is 7.12. The summed E-state index contributed by atoms with van der Waals surface area (Å²) >= 11 is 6.05. The quantitative estimate of drug-likeness (QED) is 0.857. The number of nitrogens with zero attached hydrogens (tertiary/aromatic N) is 1. The van der Waals surface area contributed by atoms with Crippen LogP contribution in [0, 0.1) is 11.6 Å². The highest BCUT2D eigenvalue weighted by Crippen LogP contribution is 2.40. The van der Waals surface area contributed by atoms with Crippen molar-refractivity contribution in [2.24, 2.45) is 0 Å². The van der Waals surface area contributed by atoms with Crippen LogP contribution in [0.1, 0.15) is 15.9 Å². The minimum absolute atomic E-state index is 0.00297. The van der Waals surface area contributed by atoms with Gasteiger partial charge >= 0.3 is 0 Å². The monoisotopic (exact) mass is 339 g/mol. The average molecular weight is 340 g/mol. The first-order chi connectivity index (χ1) is 11.0. The fourth-order valence-electron chi connectivity index (χ4n) is 2.29. The Balaban J connectivity index is 1.81. The van der Waals surface area contributed by atoms with Gasteiger partial charge in [0.15, 0.2) is 11.5 Å². The van der Waals surface area contributed by atoms with E-state index >= 15 is 0 Å². The zero-order chi connectivity index (χ0) is 16.6. The second-order valence-electron chi connectivity index (χ2n) is 5.09. The third-order valence-corrected chi connectivity index (χ3v) is 3.72. The van der Waals surface area contributed by atoms with Gasteiger partial charge in [0.1, 0.15) is 11.6 Å². The largest absolute Gasteiger partial charge is 0.454 e. The van der Waals surface area contributed by atoms with Crippen LogP contribution in [0.5, 0.6) is 11.5 Å². The molecule has 7 heteroatoms. The van der Waals surface area contributed by atoms with E-state index in [9.17, 15) is 13.6 Å². The number of amides is 1. The fourth-order valence-corrected chi connectivity index (χ4v) is 2.55. The second-order valence-corrected chi connectivity index (χ2v) is 5.50. The first-order valence-electron chi connectivity index (χ1n) is 6.74. The number of carbonyl (C=O) groups is 1.